The third-order valence-electron chi connectivity index (χ3n) is 2.72. The van der Waals surface area contributed by atoms with Crippen molar-refractivity contribution in [2.75, 3.05) is 0 Å². The van der Waals surface area contributed by atoms with Crippen molar-refractivity contribution in [1.82, 2.24) is 4.72 Å². The van der Waals surface area contributed by atoms with Gasteiger partial charge in [0.1, 0.15) is 17.0 Å². The van der Waals surface area contributed by atoms with Crippen molar-refractivity contribution in [2.24, 2.45) is 0 Å². The van der Waals surface area contributed by atoms with Gasteiger partial charge in [-0.25, -0.2) is 8.93 Å². The van der Waals surface area contributed by atoms with Crippen LogP contribution in [0.1, 0.15) is 17.2 Å². The van der Waals surface area contributed by atoms with Crippen LogP contribution < -0.4 is 4.72 Å². The van der Waals surface area contributed by atoms with E-state index in [1.54, 1.807) is 12.1 Å². The fourth-order valence-electron chi connectivity index (χ4n) is 1.65. The Bertz CT molecular complexity index is 602. The van der Waals surface area contributed by atoms with Crippen molar-refractivity contribution < 1.29 is 4.21 Å². The molecule has 0 aromatic heterocycles. The average molecular weight is 270 g/mol. The lowest BCUT2D eigenvalue weighted by atomic mass is 10.1. The molecule has 0 radical (unpaired) electrons. The van der Waals surface area contributed by atoms with E-state index < -0.39 is 17.0 Å². The molecule has 96 valence electrons. The summed E-state index contributed by atoms with van der Waals surface area (Å²) in [5.41, 5.74) is 1.92. The Labute approximate surface area is 115 Å². The zero-order valence-electron chi connectivity index (χ0n) is 10.5. The normalized spacial score (nSPS) is 13.5. The minimum absolute atomic E-state index is 0.580. The fourth-order valence-corrected chi connectivity index (χ4v) is 2.57. The van der Waals surface area contributed by atoms with Crippen LogP contribution in [0, 0.1) is 18.3 Å². The second kappa shape index (κ2) is 6.28. The van der Waals surface area contributed by atoms with Crippen LogP contribution >= 0.6 is 0 Å². The van der Waals surface area contributed by atoms with Crippen LogP contribution in [0.4, 0.5) is 0 Å². The van der Waals surface area contributed by atoms with Crippen molar-refractivity contribution in [2.45, 2.75) is 17.9 Å². The van der Waals surface area contributed by atoms with Gasteiger partial charge in [-0.3, -0.25) is 0 Å². The van der Waals surface area contributed by atoms with Crippen molar-refractivity contribution in [3.8, 4) is 6.07 Å². The van der Waals surface area contributed by atoms with Crippen molar-refractivity contribution in [3.05, 3.63) is 65.7 Å². The molecule has 3 nitrogen and oxygen atoms in total. The molecule has 0 spiro atoms. The lowest BCUT2D eigenvalue weighted by molar-refractivity contribution is 0.665. The van der Waals surface area contributed by atoms with E-state index in [2.05, 4.69) is 10.8 Å². The zero-order valence-corrected chi connectivity index (χ0v) is 11.4. The summed E-state index contributed by atoms with van der Waals surface area (Å²) in [6, 6.07) is 18.2. The smallest absolute Gasteiger partial charge is 0.132 e. The van der Waals surface area contributed by atoms with E-state index in [-0.39, 0.29) is 0 Å². The molecule has 0 saturated carbocycles. The molecule has 1 N–H and O–H groups in total. The Hall–Kier alpha value is -1.96. The van der Waals surface area contributed by atoms with Crippen molar-refractivity contribution in [1.29, 1.82) is 5.26 Å². The molecule has 0 bridgehead atoms. The first-order valence-electron chi connectivity index (χ1n) is 5.90. The molecule has 2 atom stereocenters. The van der Waals surface area contributed by atoms with E-state index in [9.17, 15) is 9.47 Å². The quantitative estimate of drug-likeness (QED) is 0.928. The van der Waals surface area contributed by atoms with Crippen LogP contribution in [0.3, 0.4) is 0 Å². The summed E-state index contributed by atoms with van der Waals surface area (Å²) in [5, 5.41) is 9.17. The summed E-state index contributed by atoms with van der Waals surface area (Å²) in [6.45, 7) is 1.97. The number of nitriles is 1. The molecule has 2 rings (SSSR count). The zero-order chi connectivity index (χ0) is 13.7. The number of benzene rings is 2. The number of hydrogen-bond acceptors (Lipinski definition) is 2. The van der Waals surface area contributed by atoms with E-state index in [0.29, 0.717) is 4.90 Å². The fraction of sp³-hybridized carbons (Fsp3) is 0.133. The van der Waals surface area contributed by atoms with Gasteiger partial charge in [0, 0.05) is 0 Å². The van der Waals surface area contributed by atoms with Gasteiger partial charge < -0.3 is 0 Å². The summed E-state index contributed by atoms with van der Waals surface area (Å²) >= 11 is 0. The molecule has 0 amide bonds. The highest BCUT2D eigenvalue weighted by Crippen LogP contribution is 2.14. The van der Waals surface area contributed by atoms with Gasteiger partial charge in [-0.15, -0.1) is 0 Å². The number of nitrogens with zero attached hydrogens (tertiary/aromatic N) is 1. The van der Waals surface area contributed by atoms with Crippen LogP contribution in [0.15, 0.2) is 59.5 Å². The van der Waals surface area contributed by atoms with E-state index in [0.717, 1.165) is 11.1 Å². The van der Waals surface area contributed by atoms with Gasteiger partial charge in [0.15, 0.2) is 0 Å². The topological polar surface area (TPSA) is 52.9 Å². The summed E-state index contributed by atoms with van der Waals surface area (Å²) in [6.07, 6.45) is 0. The van der Waals surface area contributed by atoms with Gasteiger partial charge in [-0.1, -0.05) is 48.0 Å². The number of hydrogen-bond donors (Lipinski definition) is 1. The molecule has 2 unspecified atom stereocenters. The SMILES string of the molecule is Cc1ccc(S(=O)NC(C#N)c2ccccc2)cc1. The van der Waals surface area contributed by atoms with Gasteiger partial charge in [-0.2, -0.15) is 5.26 Å². The van der Waals surface area contributed by atoms with Crippen molar-refractivity contribution >= 4 is 11.0 Å². The van der Waals surface area contributed by atoms with Crippen LogP contribution in [0.5, 0.6) is 0 Å². The summed E-state index contributed by atoms with van der Waals surface area (Å²) in [7, 11) is -1.39. The van der Waals surface area contributed by atoms with Crippen LogP contribution in [0.25, 0.3) is 0 Å². The molecular formula is C15H14N2OS. The monoisotopic (exact) mass is 270 g/mol. The first-order chi connectivity index (χ1) is 9.20. The predicted molar refractivity (Wildman–Crippen MR) is 75.5 cm³/mol. The van der Waals surface area contributed by atoms with E-state index in [1.165, 1.54) is 0 Å². The lowest BCUT2D eigenvalue weighted by Gasteiger charge is -2.11. The highest BCUT2D eigenvalue weighted by Gasteiger charge is 2.13. The van der Waals surface area contributed by atoms with Gasteiger partial charge in [0.2, 0.25) is 0 Å². The highest BCUT2D eigenvalue weighted by molar-refractivity contribution is 7.83. The number of nitrogens with one attached hydrogen (secondary N) is 1. The van der Waals surface area contributed by atoms with Crippen LogP contribution in [-0.4, -0.2) is 4.21 Å². The van der Waals surface area contributed by atoms with Crippen LogP contribution in [0.2, 0.25) is 0 Å². The maximum atomic E-state index is 12.1. The second-order valence-electron chi connectivity index (χ2n) is 4.17. The molecule has 2 aromatic rings. The summed E-state index contributed by atoms with van der Waals surface area (Å²) in [5.74, 6) is 0. The molecule has 0 fully saturated rings. The molecule has 0 saturated heterocycles. The molecule has 0 heterocycles. The maximum Gasteiger partial charge on any atom is 0.132 e. The van der Waals surface area contributed by atoms with E-state index >= 15 is 0 Å². The second-order valence-corrected chi connectivity index (χ2v) is 5.42. The summed E-state index contributed by atoms with van der Waals surface area (Å²) in [4.78, 5) is 0.668. The first-order valence-corrected chi connectivity index (χ1v) is 7.05. The van der Waals surface area contributed by atoms with E-state index in [4.69, 9.17) is 0 Å². The maximum absolute atomic E-state index is 12.1. The Morgan fingerprint density at radius 3 is 2.32 bits per heavy atom. The minimum atomic E-state index is -1.39. The van der Waals surface area contributed by atoms with Crippen molar-refractivity contribution in [3.63, 3.8) is 0 Å². The molecule has 0 aliphatic heterocycles. The predicted octanol–water partition coefficient (Wildman–Crippen LogP) is 2.87. The Kier molecular flexibility index (Phi) is 4.45. The third-order valence-corrected chi connectivity index (χ3v) is 3.87. The molecule has 2 aromatic carbocycles. The summed E-state index contributed by atoms with van der Waals surface area (Å²) < 4.78 is 15.0. The highest BCUT2D eigenvalue weighted by atomic mass is 32.2. The molecule has 0 aliphatic rings. The van der Waals surface area contributed by atoms with Gasteiger partial charge in [-0.05, 0) is 24.6 Å². The van der Waals surface area contributed by atoms with Crippen LogP contribution in [-0.2, 0) is 11.0 Å². The largest absolute Gasteiger partial charge is 0.237 e. The number of aryl methyl sites for hydroxylation is 1. The standard InChI is InChI=1S/C15H14N2OS/c1-12-7-9-14(10-8-12)19(18)17-15(11-16)13-5-3-2-4-6-13/h2-10,15,17H,1H3. The van der Waals surface area contributed by atoms with Gasteiger partial charge >= 0.3 is 0 Å². The number of rotatable bonds is 4. The molecule has 19 heavy (non-hydrogen) atoms. The minimum Gasteiger partial charge on any atom is -0.237 e. The van der Waals surface area contributed by atoms with Gasteiger partial charge in [0.25, 0.3) is 0 Å². The Morgan fingerprint density at radius 2 is 1.74 bits per heavy atom. The van der Waals surface area contributed by atoms with Gasteiger partial charge in [0.05, 0.1) is 11.0 Å². The van der Waals surface area contributed by atoms with E-state index in [1.807, 2.05) is 49.4 Å². The Morgan fingerprint density at radius 1 is 1.11 bits per heavy atom. The third kappa shape index (κ3) is 3.50. The molecular weight excluding hydrogens is 256 g/mol. The first kappa shape index (κ1) is 13.5. The average Bonchev–Trinajstić information content (AvgIpc) is 2.46. The lowest BCUT2D eigenvalue weighted by Crippen LogP contribution is -2.22. The molecule has 0 aliphatic carbocycles. The Balaban J connectivity index is 2.13. The molecule has 4 heteroatoms.